The summed E-state index contributed by atoms with van der Waals surface area (Å²) >= 11 is 0. The number of rotatable bonds is 6. The summed E-state index contributed by atoms with van der Waals surface area (Å²) in [6.45, 7) is 2.11. The first-order chi connectivity index (χ1) is 11.8. The Hall–Kier alpha value is -3.15. The molecule has 0 fully saturated rings. The van der Waals surface area contributed by atoms with Crippen LogP contribution in [0.5, 0.6) is 5.75 Å². The van der Waals surface area contributed by atoms with Gasteiger partial charge in [0.05, 0.1) is 18.9 Å². The molecule has 0 aliphatic carbocycles. The molecular weight excluding hydrogens is 306 g/mol. The van der Waals surface area contributed by atoms with Gasteiger partial charge in [-0.3, -0.25) is 0 Å². The van der Waals surface area contributed by atoms with Gasteiger partial charge in [-0.2, -0.15) is 4.98 Å². The molecule has 0 saturated heterocycles. The summed E-state index contributed by atoms with van der Waals surface area (Å²) in [7, 11) is 1.60. The van der Waals surface area contributed by atoms with E-state index in [4.69, 9.17) is 14.1 Å². The van der Waals surface area contributed by atoms with Crippen molar-refractivity contribution < 1.29 is 14.1 Å². The number of aryl methyl sites for hydroxylation is 1. The van der Waals surface area contributed by atoms with Crippen LogP contribution >= 0.6 is 0 Å². The molecule has 0 N–H and O–H groups in total. The molecule has 0 bridgehead atoms. The number of hydrogen-bond acceptors (Lipinski definition) is 6. The van der Waals surface area contributed by atoms with Crippen molar-refractivity contribution in [2.75, 3.05) is 7.11 Å². The Balaban J connectivity index is 1.64. The van der Waals surface area contributed by atoms with Crippen molar-refractivity contribution in [2.45, 2.75) is 13.5 Å². The topological polar surface area (TPSA) is 69.7 Å². The highest BCUT2D eigenvalue weighted by atomic mass is 16.6. The van der Waals surface area contributed by atoms with Crippen molar-refractivity contribution in [1.82, 2.24) is 10.1 Å². The number of oxime groups is 1. The Morgan fingerprint density at radius 3 is 2.75 bits per heavy atom. The average Bonchev–Trinajstić information content (AvgIpc) is 3.09. The van der Waals surface area contributed by atoms with Crippen molar-refractivity contribution >= 4 is 6.21 Å². The summed E-state index contributed by atoms with van der Waals surface area (Å²) in [5.41, 5.74) is 2.89. The van der Waals surface area contributed by atoms with Gasteiger partial charge in [-0.1, -0.05) is 46.7 Å². The minimum Gasteiger partial charge on any atom is -0.496 e. The molecule has 0 unspecified atom stereocenters. The van der Waals surface area contributed by atoms with Crippen LogP contribution in [0.4, 0.5) is 0 Å². The molecule has 6 nitrogen and oxygen atoms in total. The number of aromatic nitrogens is 2. The Morgan fingerprint density at radius 2 is 1.92 bits per heavy atom. The SMILES string of the molecule is COc1ccccc1-c1noc(CO/N=C\c2ccccc2C)n1. The van der Waals surface area contributed by atoms with E-state index in [9.17, 15) is 0 Å². The fourth-order valence-electron chi connectivity index (χ4n) is 2.17. The molecule has 24 heavy (non-hydrogen) atoms. The van der Waals surface area contributed by atoms with Crippen LogP contribution in [0.1, 0.15) is 17.0 Å². The monoisotopic (exact) mass is 323 g/mol. The predicted octanol–water partition coefficient (Wildman–Crippen LogP) is 3.60. The molecule has 1 heterocycles. The lowest BCUT2D eigenvalue weighted by molar-refractivity contribution is 0.107. The van der Waals surface area contributed by atoms with Crippen molar-refractivity contribution in [3.8, 4) is 17.1 Å². The van der Waals surface area contributed by atoms with Crippen molar-refractivity contribution in [1.29, 1.82) is 0 Å². The smallest absolute Gasteiger partial charge is 0.267 e. The molecule has 3 rings (SSSR count). The molecule has 122 valence electrons. The van der Waals surface area contributed by atoms with Gasteiger partial charge in [0.2, 0.25) is 5.82 Å². The second kappa shape index (κ2) is 7.41. The third-order valence-electron chi connectivity index (χ3n) is 3.46. The number of methoxy groups -OCH3 is 1. The molecule has 2 aromatic carbocycles. The highest BCUT2D eigenvalue weighted by Crippen LogP contribution is 2.27. The van der Waals surface area contributed by atoms with Gasteiger partial charge < -0.3 is 14.1 Å². The zero-order valence-corrected chi connectivity index (χ0v) is 13.5. The second-order valence-corrected chi connectivity index (χ2v) is 5.08. The minimum absolute atomic E-state index is 0.102. The number of hydrogen-bond donors (Lipinski definition) is 0. The lowest BCUT2D eigenvalue weighted by Gasteiger charge is -2.02. The van der Waals surface area contributed by atoms with Gasteiger partial charge >= 0.3 is 0 Å². The van der Waals surface area contributed by atoms with Gasteiger partial charge in [-0.25, -0.2) is 0 Å². The Labute approximate surface area is 139 Å². The second-order valence-electron chi connectivity index (χ2n) is 5.08. The van der Waals surface area contributed by atoms with Crippen LogP contribution in [-0.2, 0) is 11.4 Å². The van der Waals surface area contributed by atoms with Crippen LogP contribution in [0.3, 0.4) is 0 Å². The third-order valence-corrected chi connectivity index (χ3v) is 3.46. The summed E-state index contributed by atoms with van der Waals surface area (Å²) < 4.78 is 10.5. The maximum atomic E-state index is 5.29. The van der Waals surface area contributed by atoms with Crippen LogP contribution in [0, 0.1) is 6.92 Å². The Kier molecular flexibility index (Phi) is 4.86. The molecular formula is C18H17N3O3. The lowest BCUT2D eigenvalue weighted by atomic mass is 10.1. The van der Waals surface area contributed by atoms with Gasteiger partial charge in [0, 0.05) is 0 Å². The number of nitrogens with zero attached hydrogens (tertiary/aromatic N) is 3. The van der Waals surface area contributed by atoms with Gasteiger partial charge in [0.15, 0.2) is 6.61 Å². The average molecular weight is 323 g/mol. The highest BCUT2D eigenvalue weighted by Gasteiger charge is 2.12. The van der Waals surface area contributed by atoms with E-state index in [1.165, 1.54) is 0 Å². The van der Waals surface area contributed by atoms with Gasteiger partial charge in [0.1, 0.15) is 5.75 Å². The first-order valence-corrected chi connectivity index (χ1v) is 7.45. The summed E-state index contributed by atoms with van der Waals surface area (Å²) in [6, 6.07) is 15.4. The predicted molar refractivity (Wildman–Crippen MR) is 89.8 cm³/mol. The molecule has 0 atom stereocenters. The zero-order chi connectivity index (χ0) is 16.8. The maximum Gasteiger partial charge on any atom is 0.267 e. The van der Waals surface area contributed by atoms with E-state index in [0.717, 1.165) is 16.7 Å². The van der Waals surface area contributed by atoms with Gasteiger partial charge in [-0.05, 0) is 30.2 Å². The highest BCUT2D eigenvalue weighted by molar-refractivity contribution is 5.81. The van der Waals surface area contributed by atoms with Crippen LogP contribution in [0.15, 0.2) is 58.2 Å². The van der Waals surface area contributed by atoms with Crippen LogP contribution in [-0.4, -0.2) is 23.5 Å². The summed E-state index contributed by atoms with van der Waals surface area (Å²) in [5, 5.41) is 7.88. The van der Waals surface area contributed by atoms with E-state index in [-0.39, 0.29) is 6.61 Å². The minimum atomic E-state index is 0.102. The number of ether oxygens (including phenoxy) is 1. The lowest BCUT2D eigenvalue weighted by Crippen LogP contribution is -1.91. The molecule has 3 aromatic rings. The molecule has 0 radical (unpaired) electrons. The van der Waals surface area contributed by atoms with E-state index in [0.29, 0.717) is 17.5 Å². The number of para-hydroxylation sites is 1. The summed E-state index contributed by atoms with van der Waals surface area (Å²) in [4.78, 5) is 9.52. The Bertz CT molecular complexity index is 843. The van der Waals surface area contributed by atoms with E-state index in [1.807, 2.05) is 55.5 Å². The fourth-order valence-corrected chi connectivity index (χ4v) is 2.17. The van der Waals surface area contributed by atoms with E-state index < -0.39 is 0 Å². The van der Waals surface area contributed by atoms with Crippen LogP contribution in [0.25, 0.3) is 11.4 Å². The summed E-state index contributed by atoms with van der Waals surface area (Å²) in [6.07, 6.45) is 1.66. The molecule has 0 saturated carbocycles. The molecule has 6 heteroatoms. The van der Waals surface area contributed by atoms with Gasteiger partial charge in [-0.15, -0.1) is 0 Å². The first-order valence-electron chi connectivity index (χ1n) is 7.45. The Morgan fingerprint density at radius 1 is 1.12 bits per heavy atom. The van der Waals surface area contributed by atoms with Crippen molar-refractivity contribution in [3.63, 3.8) is 0 Å². The fraction of sp³-hybridized carbons (Fsp3) is 0.167. The van der Waals surface area contributed by atoms with E-state index in [2.05, 4.69) is 15.3 Å². The molecule has 0 aliphatic heterocycles. The van der Waals surface area contributed by atoms with Gasteiger partial charge in [0.25, 0.3) is 5.89 Å². The van der Waals surface area contributed by atoms with E-state index >= 15 is 0 Å². The maximum absolute atomic E-state index is 5.29. The standard InChI is InChI=1S/C18H17N3O3/c1-13-7-3-4-8-14(13)11-19-23-12-17-20-18(21-24-17)15-9-5-6-10-16(15)22-2/h3-11H,12H2,1-2H3/b19-11-. The van der Waals surface area contributed by atoms with Crippen molar-refractivity contribution in [2.24, 2.45) is 5.16 Å². The molecule has 0 spiro atoms. The largest absolute Gasteiger partial charge is 0.496 e. The van der Waals surface area contributed by atoms with E-state index in [1.54, 1.807) is 13.3 Å². The van der Waals surface area contributed by atoms with Crippen LogP contribution < -0.4 is 4.74 Å². The number of benzene rings is 2. The zero-order valence-electron chi connectivity index (χ0n) is 13.5. The molecule has 0 aliphatic rings. The molecule has 0 amide bonds. The van der Waals surface area contributed by atoms with Crippen molar-refractivity contribution in [3.05, 3.63) is 65.5 Å². The quantitative estimate of drug-likeness (QED) is 0.512. The summed E-state index contributed by atoms with van der Waals surface area (Å²) in [5.74, 6) is 1.48. The van der Waals surface area contributed by atoms with Crippen LogP contribution in [0.2, 0.25) is 0 Å². The molecule has 1 aromatic heterocycles. The first kappa shape index (κ1) is 15.7. The normalized spacial score (nSPS) is 10.9. The third kappa shape index (κ3) is 3.60.